The van der Waals surface area contributed by atoms with E-state index >= 15 is 0 Å². The van der Waals surface area contributed by atoms with E-state index in [0.717, 1.165) is 0 Å². The second kappa shape index (κ2) is 5.96. The van der Waals surface area contributed by atoms with Gasteiger partial charge in [-0.25, -0.2) is 0 Å². The van der Waals surface area contributed by atoms with E-state index in [1.165, 1.54) is 6.07 Å². The molecule has 1 aromatic rings. The molecule has 100 valence electrons. The first-order valence-corrected chi connectivity index (χ1v) is 6.15. The molecule has 1 rings (SSSR count). The van der Waals surface area contributed by atoms with Gasteiger partial charge in [0.05, 0.1) is 22.8 Å². The zero-order valence-electron chi connectivity index (χ0n) is 11.0. The Labute approximate surface area is 112 Å². The maximum atomic E-state index is 11.4. The predicted molar refractivity (Wildman–Crippen MR) is 71.5 cm³/mol. The molecule has 0 saturated carbocycles. The zero-order chi connectivity index (χ0) is 13.9. The monoisotopic (exact) mass is 271 g/mol. The predicted octanol–water partition coefficient (Wildman–Crippen LogP) is 3.01. The minimum absolute atomic E-state index is 0.0416. The molecule has 18 heavy (non-hydrogen) atoms. The van der Waals surface area contributed by atoms with Crippen LogP contribution in [0.2, 0.25) is 5.02 Å². The number of ether oxygens (including phenoxy) is 2. The molecule has 0 aromatic heterocycles. The largest absolute Gasteiger partial charge is 0.490 e. The van der Waals surface area contributed by atoms with Gasteiger partial charge >= 0.3 is 0 Å². The molecule has 0 atom stereocenters. The standard InChI is InChI=1S/C13H18ClNO3/c1-7(2)17-11-6-10(14)12(18-8(3)4)5-9(11)13(15)16/h5-8H,1-4H3,(H2,15,16). The molecule has 0 radical (unpaired) electrons. The average molecular weight is 272 g/mol. The van der Waals surface area contributed by atoms with E-state index in [0.29, 0.717) is 16.5 Å². The Kier molecular flexibility index (Phi) is 4.84. The quantitative estimate of drug-likeness (QED) is 0.895. The second-order valence-corrected chi connectivity index (χ2v) is 4.88. The number of hydrogen-bond donors (Lipinski definition) is 1. The summed E-state index contributed by atoms with van der Waals surface area (Å²) in [6.07, 6.45) is -0.115. The van der Waals surface area contributed by atoms with E-state index in [9.17, 15) is 4.79 Å². The molecule has 5 heteroatoms. The first kappa shape index (κ1) is 14.6. The summed E-state index contributed by atoms with van der Waals surface area (Å²) < 4.78 is 11.0. The van der Waals surface area contributed by atoms with Crippen LogP contribution in [0.3, 0.4) is 0 Å². The van der Waals surface area contributed by atoms with Crippen LogP contribution in [0.25, 0.3) is 0 Å². The highest BCUT2D eigenvalue weighted by Crippen LogP contribution is 2.33. The van der Waals surface area contributed by atoms with Crippen molar-refractivity contribution in [2.45, 2.75) is 39.9 Å². The molecular weight excluding hydrogens is 254 g/mol. The fraction of sp³-hybridized carbons (Fsp3) is 0.462. The van der Waals surface area contributed by atoms with Crippen LogP contribution < -0.4 is 15.2 Å². The van der Waals surface area contributed by atoms with E-state index in [1.54, 1.807) is 6.07 Å². The number of carbonyl (C=O) groups is 1. The van der Waals surface area contributed by atoms with Crippen LogP contribution in [0, 0.1) is 0 Å². The van der Waals surface area contributed by atoms with E-state index < -0.39 is 5.91 Å². The third-order valence-electron chi connectivity index (χ3n) is 2.02. The van der Waals surface area contributed by atoms with Gasteiger partial charge in [0.1, 0.15) is 11.5 Å². The van der Waals surface area contributed by atoms with Gasteiger partial charge in [-0.1, -0.05) is 11.6 Å². The highest BCUT2D eigenvalue weighted by atomic mass is 35.5. The minimum Gasteiger partial charge on any atom is -0.490 e. The lowest BCUT2D eigenvalue weighted by atomic mass is 10.1. The highest BCUT2D eigenvalue weighted by molar-refractivity contribution is 6.32. The molecule has 0 heterocycles. The number of amides is 1. The molecule has 0 fully saturated rings. The Morgan fingerprint density at radius 2 is 1.61 bits per heavy atom. The van der Waals surface area contributed by atoms with Crippen molar-refractivity contribution in [1.82, 2.24) is 0 Å². The van der Waals surface area contributed by atoms with Gasteiger partial charge in [-0.05, 0) is 33.8 Å². The topological polar surface area (TPSA) is 61.5 Å². The van der Waals surface area contributed by atoms with Gasteiger partial charge in [-0.15, -0.1) is 0 Å². The van der Waals surface area contributed by atoms with Crippen molar-refractivity contribution in [3.8, 4) is 11.5 Å². The first-order valence-electron chi connectivity index (χ1n) is 5.78. The Bertz CT molecular complexity index is 444. The molecule has 0 aliphatic rings. The first-order chi connectivity index (χ1) is 8.31. The zero-order valence-corrected chi connectivity index (χ0v) is 11.7. The number of halogens is 1. The summed E-state index contributed by atoms with van der Waals surface area (Å²) >= 11 is 6.08. The second-order valence-electron chi connectivity index (χ2n) is 4.48. The number of hydrogen-bond acceptors (Lipinski definition) is 3. The van der Waals surface area contributed by atoms with Gasteiger partial charge in [0.25, 0.3) is 5.91 Å². The van der Waals surface area contributed by atoms with Gasteiger partial charge in [-0.3, -0.25) is 4.79 Å². The third kappa shape index (κ3) is 3.81. The summed E-state index contributed by atoms with van der Waals surface area (Å²) in [7, 11) is 0. The maximum absolute atomic E-state index is 11.4. The molecule has 0 unspecified atom stereocenters. The Hall–Kier alpha value is -1.42. The van der Waals surface area contributed by atoms with Crippen molar-refractivity contribution in [3.63, 3.8) is 0 Å². The van der Waals surface area contributed by atoms with Crippen molar-refractivity contribution in [2.24, 2.45) is 5.73 Å². The van der Waals surface area contributed by atoms with Gasteiger partial charge < -0.3 is 15.2 Å². The Morgan fingerprint density at radius 3 is 2.06 bits per heavy atom. The molecule has 2 N–H and O–H groups in total. The molecule has 0 aliphatic heterocycles. The summed E-state index contributed by atoms with van der Waals surface area (Å²) in [6, 6.07) is 3.07. The van der Waals surface area contributed by atoms with E-state index in [4.69, 9.17) is 26.8 Å². The van der Waals surface area contributed by atoms with Crippen molar-refractivity contribution < 1.29 is 14.3 Å². The lowest BCUT2D eigenvalue weighted by Crippen LogP contribution is -2.16. The third-order valence-corrected chi connectivity index (χ3v) is 2.32. The number of benzene rings is 1. The Morgan fingerprint density at radius 1 is 1.11 bits per heavy atom. The average Bonchev–Trinajstić information content (AvgIpc) is 2.19. The number of carbonyl (C=O) groups excluding carboxylic acids is 1. The van der Waals surface area contributed by atoms with Crippen LogP contribution in [0.5, 0.6) is 11.5 Å². The molecule has 0 bridgehead atoms. The van der Waals surface area contributed by atoms with Crippen molar-refractivity contribution >= 4 is 17.5 Å². The molecule has 0 aliphatic carbocycles. The summed E-state index contributed by atoms with van der Waals surface area (Å²) in [6.45, 7) is 7.46. The normalized spacial score (nSPS) is 10.8. The van der Waals surface area contributed by atoms with Crippen LogP contribution in [-0.2, 0) is 0 Å². The maximum Gasteiger partial charge on any atom is 0.252 e. The minimum atomic E-state index is -0.573. The van der Waals surface area contributed by atoms with Crippen LogP contribution in [0.1, 0.15) is 38.1 Å². The number of primary amides is 1. The Balaban J connectivity index is 3.20. The summed E-state index contributed by atoms with van der Waals surface area (Å²) in [5.41, 5.74) is 5.59. The molecule has 1 aromatic carbocycles. The molecular formula is C13H18ClNO3. The van der Waals surface area contributed by atoms with Crippen LogP contribution >= 0.6 is 11.6 Å². The SMILES string of the molecule is CC(C)Oc1cc(C(N)=O)c(OC(C)C)cc1Cl. The van der Waals surface area contributed by atoms with Crippen LogP contribution in [0.4, 0.5) is 0 Å². The van der Waals surface area contributed by atoms with Crippen LogP contribution in [0.15, 0.2) is 12.1 Å². The molecule has 1 amide bonds. The smallest absolute Gasteiger partial charge is 0.252 e. The molecule has 4 nitrogen and oxygen atoms in total. The van der Waals surface area contributed by atoms with Gasteiger partial charge in [0.2, 0.25) is 0 Å². The van der Waals surface area contributed by atoms with Crippen molar-refractivity contribution in [2.75, 3.05) is 0 Å². The number of nitrogens with two attached hydrogens (primary N) is 1. The molecule has 0 saturated heterocycles. The van der Waals surface area contributed by atoms with Gasteiger partial charge in [-0.2, -0.15) is 0 Å². The fourth-order valence-electron chi connectivity index (χ4n) is 1.42. The van der Waals surface area contributed by atoms with Crippen molar-refractivity contribution in [3.05, 3.63) is 22.7 Å². The summed E-state index contributed by atoms with van der Waals surface area (Å²) in [5, 5.41) is 0.393. The number of rotatable bonds is 5. The van der Waals surface area contributed by atoms with Gasteiger partial charge in [0.15, 0.2) is 0 Å². The van der Waals surface area contributed by atoms with Crippen molar-refractivity contribution in [1.29, 1.82) is 0 Å². The fourth-order valence-corrected chi connectivity index (χ4v) is 1.62. The summed E-state index contributed by atoms with van der Waals surface area (Å²) in [5.74, 6) is 0.228. The highest BCUT2D eigenvalue weighted by Gasteiger charge is 2.16. The van der Waals surface area contributed by atoms with E-state index in [-0.39, 0.29) is 17.8 Å². The summed E-state index contributed by atoms with van der Waals surface area (Å²) in [4.78, 5) is 11.4. The van der Waals surface area contributed by atoms with E-state index in [2.05, 4.69) is 0 Å². The lowest BCUT2D eigenvalue weighted by Gasteiger charge is -2.17. The van der Waals surface area contributed by atoms with Gasteiger partial charge in [0, 0.05) is 6.07 Å². The lowest BCUT2D eigenvalue weighted by molar-refractivity contribution is 0.0993. The molecule has 0 spiro atoms. The van der Waals surface area contributed by atoms with E-state index in [1.807, 2.05) is 27.7 Å². The van der Waals surface area contributed by atoms with Crippen LogP contribution in [-0.4, -0.2) is 18.1 Å².